The molecule has 6 aromatic carbocycles. The van der Waals surface area contributed by atoms with Crippen molar-refractivity contribution in [1.29, 1.82) is 0 Å². The van der Waals surface area contributed by atoms with Gasteiger partial charge in [-0.1, -0.05) is 158 Å². The van der Waals surface area contributed by atoms with Gasteiger partial charge in [-0.2, -0.15) is 0 Å². The van der Waals surface area contributed by atoms with Gasteiger partial charge in [-0.25, -0.2) is 4.98 Å². The molecule has 5 heterocycles. The predicted molar refractivity (Wildman–Crippen MR) is 209 cm³/mol. The molecule has 250 valence electrons. The predicted octanol–water partition coefficient (Wildman–Crippen LogP) is 10.7. The molecule has 0 saturated heterocycles. The molecule has 0 radical (unpaired) electrons. The summed E-state index contributed by atoms with van der Waals surface area (Å²) < 4.78 is 0. The van der Waals surface area contributed by atoms with Crippen LogP contribution in [-0.2, 0) is 21.1 Å². The fourth-order valence-corrected chi connectivity index (χ4v) is 7.73. The van der Waals surface area contributed by atoms with Crippen molar-refractivity contribution >= 4 is 43.9 Å². The second-order valence-electron chi connectivity index (χ2n) is 13.0. The molecule has 0 aliphatic carbocycles. The number of rotatable bonds is 2. The van der Waals surface area contributed by atoms with Crippen LogP contribution in [0.15, 0.2) is 158 Å². The van der Waals surface area contributed by atoms with E-state index < -0.39 is 0 Å². The van der Waals surface area contributed by atoms with E-state index in [1.165, 1.54) is 0 Å². The first-order valence-corrected chi connectivity index (χ1v) is 17.3. The van der Waals surface area contributed by atoms with Crippen molar-refractivity contribution in [3.05, 3.63) is 158 Å². The molecule has 0 N–H and O–H groups in total. The van der Waals surface area contributed by atoms with E-state index >= 15 is 0 Å². The van der Waals surface area contributed by atoms with Gasteiger partial charge in [-0.3, -0.25) is 4.98 Å². The zero-order valence-corrected chi connectivity index (χ0v) is 30.3. The molecule has 53 heavy (non-hydrogen) atoms. The van der Waals surface area contributed by atoms with Crippen molar-refractivity contribution in [3.63, 3.8) is 0 Å². The number of fused-ring (bicyclic) bond motifs is 20. The van der Waals surface area contributed by atoms with E-state index in [0.717, 1.165) is 88.5 Å². The zero-order valence-electron chi connectivity index (χ0n) is 28.0. The smallest absolute Gasteiger partial charge is 0.435 e. The van der Waals surface area contributed by atoms with E-state index in [2.05, 4.69) is 109 Å². The topological polar surface area (TPSA) is 79.8 Å². The Morgan fingerprint density at radius 1 is 0.321 bits per heavy atom. The zero-order chi connectivity index (χ0) is 34.2. The third-order valence-electron chi connectivity index (χ3n) is 10.1. The Labute approximate surface area is 318 Å². The molecule has 2 aliphatic rings. The molecule has 11 rings (SSSR count). The maximum absolute atomic E-state index is 5.64. The minimum absolute atomic E-state index is 0. The van der Waals surface area contributed by atoms with Gasteiger partial charge in [0.25, 0.3) is 0 Å². The maximum Gasteiger partial charge on any atom is 2.00 e. The largest absolute Gasteiger partial charge is 2.00 e. The number of benzene rings is 6. The molecule has 2 aliphatic heterocycles. The summed E-state index contributed by atoms with van der Waals surface area (Å²) in [6.45, 7) is 0. The van der Waals surface area contributed by atoms with E-state index in [9.17, 15) is 0 Å². The summed E-state index contributed by atoms with van der Waals surface area (Å²) in [6, 6.07) is 54.1. The van der Waals surface area contributed by atoms with Crippen molar-refractivity contribution in [2.45, 2.75) is 0 Å². The molecule has 0 amide bonds. The van der Waals surface area contributed by atoms with Gasteiger partial charge in [-0.05, 0) is 55.0 Å². The van der Waals surface area contributed by atoms with Crippen LogP contribution in [0.4, 0.5) is 0 Å². The van der Waals surface area contributed by atoms with Gasteiger partial charge in [0.2, 0.25) is 0 Å². The van der Waals surface area contributed by atoms with Crippen LogP contribution in [0.3, 0.4) is 0 Å². The Hall–Kier alpha value is -6.49. The van der Waals surface area contributed by atoms with Crippen LogP contribution in [0.5, 0.6) is 0 Å². The van der Waals surface area contributed by atoms with Crippen LogP contribution in [0.2, 0.25) is 0 Å². The maximum atomic E-state index is 5.64. The molecule has 9 aromatic rings. The minimum atomic E-state index is 0. The van der Waals surface area contributed by atoms with Crippen molar-refractivity contribution in [2.75, 3.05) is 0 Å². The van der Waals surface area contributed by atoms with Gasteiger partial charge in [0.05, 0.1) is 23.0 Å². The van der Waals surface area contributed by atoms with Gasteiger partial charge in [-0.15, -0.1) is 0 Å². The second kappa shape index (κ2) is 12.3. The molecule has 3 aromatic heterocycles. The first kappa shape index (κ1) is 31.3. The normalized spacial score (nSPS) is 11.6. The summed E-state index contributed by atoms with van der Waals surface area (Å²) in [7, 11) is 0. The molecule has 6 nitrogen and oxygen atoms in total. The average Bonchev–Trinajstić information content (AvgIpc) is 3.96. The fourth-order valence-electron chi connectivity index (χ4n) is 7.73. The summed E-state index contributed by atoms with van der Waals surface area (Å²) in [5.41, 5.74) is 12.4. The Bertz CT molecular complexity index is 2870. The third kappa shape index (κ3) is 4.83. The Kier molecular flexibility index (Phi) is 7.27. The van der Waals surface area contributed by atoms with Crippen LogP contribution in [0, 0.1) is 0 Å². The van der Waals surface area contributed by atoms with E-state index in [0.29, 0.717) is 22.9 Å². The number of aromatic nitrogens is 6. The van der Waals surface area contributed by atoms with Crippen LogP contribution < -0.4 is 9.97 Å². The Morgan fingerprint density at radius 2 is 0.679 bits per heavy atom. The SMILES string of the molecule is [Pt+2].c1ccc(-c2c3nc(c(-c4ccccc4)c4[n-]c(nc5nc(nc6[n-]c2c2ccccc62)-c2ccccc2-5)c2ccccc42)-c2ccccc2-3)cc1. The van der Waals surface area contributed by atoms with E-state index in [4.69, 9.17) is 29.9 Å². The van der Waals surface area contributed by atoms with Gasteiger partial charge in [0.1, 0.15) is 0 Å². The summed E-state index contributed by atoms with van der Waals surface area (Å²) >= 11 is 0. The molecule has 0 atom stereocenters. The average molecular weight is 858 g/mol. The van der Waals surface area contributed by atoms with Crippen LogP contribution in [-0.4, -0.2) is 19.9 Å². The van der Waals surface area contributed by atoms with Crippen molar-refractivity contribution in [1.82, 2.24) is 29.9 Å². The van der Waals surface area contributed by atoms with Crippen LogP contribution in [0.1, 0.15) is 0 Å². The van der Waals surface area contributed by atoms with Gasteiger partial charge in [0, 0.05) is 33.4 Å². The van der Waals surface area contributed by atoms with Gasteiger partial charge in [0.15, 0.2) is 0 Å². The summed E-state index contributed by atoms with van der Waals surface area (Å²) in [4.78, 5) is 31.8. The first-order chi connectivity index (χ1) is 25.8. The van der Waals surface area contributed by atoms with Crippen molar-refractivity contribution in [2.24, 2.45) is 0 Å². The Balaban J connectivity index is 0.00000349. The minimum Gasteiger partial charge on any atom is -0.435 e. The van der Waals surface area contributed by atoms with E-state index in [1.807, 2.05) is 48.5 Å². The number of nitrogens with zero attached hydrogens (tertiary/aromatic N) is 6. The second-order valence-corrected chi connectivity index (χ2v) is 13.0. The monoisotopic (exact) mass is 857 g/mol. The van der Waals surface area contributed by atoms with Gasteiger partial charge < -0.3 is 19.9 Å². The van der Waals surface area contributed by atoms with E-state index in [-0.39, 0.29) is 21.1 Å². The third-order valence-corrected chi connectivity index (χ3v) is 10.1. The summed E-state index contributed by atoms with van der Waals surface area (Å²) in [6.07, 6.45) is 0. The summed E-state index contributed by atoms with van der Waals surface area (Å²) in [5.74, 6) is 1.15. The Morgan fingerprint density at radius 3 is 1.11 bits per heavy atom. The van der Waals surface area contributed by atoms with Crippen LogP contribution >= 0.6 is 0 Å². The molecular weight excluding hydrogens is 832 g/mol. The quantitative estimate of drug-likeness (QED) is 0.172. The standard InChI is InChI=1S/C46H26N6.Pt/c1-3-15-27(16-4-1)37-39-29-19-7-8-20-30(29)40(47-39)38(28-17-5-2-6-18-28)42-32-22-10-12-24-34(32)44(49-42)51-46-36-26-14-13-25-35(36)45(52-46)50-43-33-23-11-9-21-31(33)41(37)48-43;/h1-26H;/q-2;+2. The molecular formula is C46H26N6Pt. The first-order valence-electron chi connectivity index (χ1n) is 17.3. The molecule has 0 spiro atoms. The molecule has 8 bridgehead atoms. The van der Waals surface area contributed by atoms with Crippen molar-refractivity contribution < 1.29 is 21.1 Å². The van der Waals surface area contributed by atoms with Crippen molar-refractivity contribution in [3.8, 4) is 67.5 Å². The molecule has 0 fully saturated rings. The molecule has 0 saturated carbocycles. The fraction of sp³-hybridized carbons (Fsp3) is 0. The summed E-state index contributed by atoms with van der Waals surface area (Å²) in [5, 5.41) is 3.89. The molecule has 7 heteroatoms. The van der Waals surface area contributed by atoms with Crippen LogP contribution in [0.25, 0.3) is 111 Å². The number of hydrogen-bond donors (Lipinski definition) is 0. The molecule has 0 unspecified atom stereocenters. The van der Waals surface area contributed by atoms with E-state index in [1.54, 1.807) is 0 Å². The number of hydrogen-bond acceptors (Lipinski definition) is 4. The van der Waals surface area contributed by atoms with Gasteiger partial charge >= 0.3 is 21.1 Å².